The molecule has 1 amide bonds. The van der Waals surface area contributed by atoms with Crippen LogP contribution in [0.2, 0.25) is 0 Å². The monoisotopic (exact) mass is 329 g/mol. The molecule has 1 unspecified atom stereocenters. The number of carbonyl (C=O) groups excluding carboxylic acids is 1. The zero-order valence-electron chi connectivity index (χ0n) is 13.3. The number of carboxylic acid groups (broad SMARTS) is 1. The number of carboxylic acids is 1. The molecule has 1 aliphatic carbocycles. The molecule has 1 fully saturated rings. The molecular formula is C16H19N5O3. The quantitative estimate of drug-likeness (QED) is 0.775. The molecule has 1 heterocycles. The summed E-state index contributed by atoms with van der Waals surface area (Å²) in [6.07, 6.45) is 1.62. The Morgan fingerprint density at radius 2 is 2.04 bits per heavy atom. The van der Waals surface area contributed by atoms with E-state index in [1.807, 2.05) is 30.3 Å². The molecule has 0 aliphatic heterocycles. The maximum Gasteiger partial charge on any atom is 0.311 e. The Morgan fingerprint density at radius 1 is 1.33 bits per heavy atom. The van der Waals surface area contributed by atoms with E-state index < -0.39 is 17.4 Å². The zero-order valence-corrected chi connectivity index (χ0v) is 13.3. The number of benzene rings is 1. The van der Waals surface area contributed by atoms with Gasteiger partial charge in [-0.05, 0) is 35.8 Å². The van der Waals surface area contributed by atoms with Gasteiger partial charge in [0, 0.05) is 13.0 Å². The normalized spacial score (nSPS) is 16.4. The lowest BCUT2D eigenvalue weighted by atomic mass is 10.0. The number of aliphatic carboxylic acids is 1. The van der Waals surface area contributed by atoms with Gasteiger partial charge in [-0.1, -0.05) is 30.3 Å². The summed E-state index contributed by atoms with van der Waals surface area (Å²) < 4.78 is 1.47. The van der Waals surface area contributed by atoms with Gasteiger partial charge in [0.05, 0.1) is 5.41 Å². The van der Waals surface area contributed by atoms with Crippen molar-refractivity contribution in [3.05, 3.63) is 41.7 Å². The van der Waals surface area contributed by atoms with E-state index in [4.69, 9.17) is 0 Å². The Kier molecular flexibility index (Phi) is 4.28. The molecule has 3 rings (SSSR count). The van der Waals surface area contributed by atoms with E-state index in [2.05, 4.69) is 20.8 Å². The summed E-state index contributed by atoms with van der Waals surface area (Å²) in [4.78, 5) is 23.9. The van der Waals surface area contributed by atoms with Crippen LogP contribution in [-0.2, 0) is 16.0 Å². The molecule has 1 atom stereocenters. The van der Waals surface area contributed by atoms with Crippen LogP contribution in [-0.4, -0.2) is 43.7 Å². The molecule has 2 aromatic rings. The third-order valence-electron chi connectivity index (χ3n) is 4.44. The van der Waals surface area contributed by atoms with Crippen molar-refractivity contribution in [1.29, 1.82) is 0 Å². The maximum atomic E-state index is 12.7. The number of carbonyl (C=O) groups is 2. The molecule has 0 bridgehead atoms. The molecule has 8 heteroatoms. The number of amides is 1. The van der Waals surface area contributed by atoms with Gasteiger partial charge < -0.3 is 10.4 Å². The summed E-state index contributed by atoms with van der Waals surface area (Å²) >= 11 is 0. The minimum atomic E-state index is -0.860. The predicted octanol–water partition coefficient (Wildman–Crippen LogP) is 0.746. The van der Waals surface area contributed by atoms with E-state index in [-0.39, 0.29) is 12.5 Å². The van der Waals surface area contributed by atoms with E-state index in [0.717, 1.165) is 5.56 Å². The lowest BCUT2D eigenvalue weighted by Crippen LogP contribution is -2.40. The van der Waals surface area contributed by atoms with E-state index in [9.17, 15) is 14.7 Å². The van der Waals surface area contributed by atoms with Crippen molar-refractivity contribution in [2.24, 2.45) is 5.41 Å². The third kappa shape index (κ3) is 3.27. The van der Waals surface area contributed by atoms with Crippen LogP contribution in [0.3, 0.4) is 0 Å². The first-order valence-electron chi connectivity index (χ1n) is 7.81. The second-order valence-electron chi connectivity index (χ2n) is 6.18. The molecule has 24 heavy (non-hydrogen) atoms. The topological polar surface area (TPSA) is 110 Å². The summed E-state index contributed by atoms with van der Waals surface area (Å²) in [6, 6.07) is 8.96. The Bertz CT molecular complexity index is 739. The number of hydrogen-bond donors (Lipinski definition) is 2. The molecule has 1 aromatic carbocycles. The van der Waals surface area contributed by atoms with Crippen molar-refractivity contribution >= 4 is 11.9 Å². The molecule has 1 saturated carbocycles. The van der Waals surface area contributed by atoms with Crippen LogP contribution in [0.25, 0.3) is 0 Å². The third-order valence-corrected chi connectivity index (χ3v) is 4.44. The molecular weight excluding hydrogens is 310 g/mol. The molecule has 0 radical (unpaired) electrons. The van der Waals surface area contributed by atoms with Gasteiger partial charge in [-0.15, -0.1) is 5.10 Å². The van der Waals surface area contributed by atoms with E-state index in [1.54, 1.807) is 6.92 Å². The molecule has 1 aromatic heterocycles. The van der Waals surface area contributed by atoms with Crippen LogP contribution in [0.5, 0.6) is 0 Å². The fourth-order valence-electron chi connectivity index (χ4n) is 2.65. The highest BCUT2D eigenvalue weighted by Gasteiger charge is 2.50. The zero-order chi connectivity index (χ0) is 17.2. The molecule has 0 spiro atoms. The number of aryl methyl sites for hydroxylation is 1. The summed E-state index contributed by atoms with van der Waals surface area (Å²) in [5.74, 6) is -0.603. The summed E-state index contributed by atoms with van der Waals surface area (Å²) in [5.41, 5.74) is 0.176. The van der Waals surface area contributed by atoms with Crippen molar-refractivity contribution in [1.82, 2.24) is 25.5 Å². The van der Waals surface area contributed by atoms with Gasteiger partial charge >= 0.3 is 5.97 Å². The van der Waals surface area contributed by atoms with Crippen molar-refractivity contribution in [2.75, 3.05) is 6.54 Å². The first-order valence-corrected chi connectivity index (χ1v) is 7.81. The van der Waals surface area contributed by atoms with E-state index in [0.29, 0.717) is 25.1 Å². The fraction of sp³-hybridized carbons (Fsp3) is 0.438. The Labute approximate surface area is 138 Å². The Hall–Kier alpha value is -2.77. The smallest absolute Gasteiger partial charge is 0.311 e. The van der Waals surface area contributed by atoms with Gasteiger partial charge in [0.2, 0.25) is 5.91 Å². The highest BCUT2D eigenvalue weighted by atomic mass is 16.4. The largest absolute Gasteiger partial charge is 0.481 e. The molecule has 1 aliphatic rings. The van der Waals surface area contributed by atoms with Gasteiger partial charge in [-0.3, -0.25) is 9.59 Å². The van der Waals surface area contributed by atoms with Crippen LogP contribution < -0.4 is 5.32 Å². The van der Waals surface area contributed by atoms with Gasteiger partial charge in [0.1, 0.15) is 11.9 Å². The highest BCUT2D eigenvalue weighted by molar-refractivity contribution is 5.83. The fourth-order valence-corrected chi connectivity index (χ4v) is 2.65. The standard InChI is InChI=1S/C16H19N5O3/c1-11-18-19-20-21(11)13(9-12-5-3-2-4-6-12)14(22)17-10-16(7-8-16)15(23)24/h2-6,13H,7-10H2,1H3,(H,17,22)(H,23,24). The average molecular weight is 329 g/mol. The molecule has 2 N–H and O–H groups in total. The van der Waals surface area contributed by atoms with Crippen LogP contribution in [0.4, 0.5) is 0 Å². The number of nitrogens with one attached hydrogen (secondary N) is 1. The minimum Gasteiger partial charge on any atom is -0.481 e. The summed E-state index contributed by atoms with van der Waals surface area (Å²) in [5, 5.41) is 23.3. The second kappa shape index (κ2) is 6.38. The van der Waals surface area contributed by atoms with Crippen LogP contribution in [0.1, 0.15) is 30.3 Å². The van der Waals surface area contributed by atoms with Gasteiger partial charge in [0.25, 0.3) is 0 Å². The van der Waals surface area contributed by atoms with Crippen LogP contribution in [0, 0.1) is 12.3 Å². The van der Waals surface area contributed by atoms with E-state index >= 15 is 0 Å². The first-order chi connectivity index (χ1) is 11.5. The predicted molar refractivity (Wildman–Crippen MR) is 84.0 cm³/mol. The number of nitrogens with zero attached hydrogens (tertiary/aromatic N) is 4. The summed E-state index contributed by atoms with van der Waals surface area (Å²) in [6.45, 7) is 1.86. The number of hydrogen-bond acceptors (Lipinski definition) is 5. The lowest BCUT2D eigenvalue weighted by Gasteiger charge is -2.19. The van der Waals surface area contributed by atoms with Crippen LogP contribution in [0.15, 0.2) is 30.3 Å². The van der Waals surface area contributed by atoms with E-state index in [1.165, 1.54) is 4.68 Å². The Morgan fingerprint density at radius 3 is 2.58 bits per heavy atom. The summed E-state index contributed by atoms with van der Waals surface area (Å²) in [7, 11) is 0. The van der Waals surface area contributed by atoms with Crippen molar-refractivity contribution in [2.45, 2.75) is 32.2 Å². The maximum absolute atomic E-state index is 12.7. The molecule has 126 valence electrons. The number of tetrazole rings is 1. The number of aromatic nitrogens is 4. The average Bonchev–Trinajstić information content (AvgIpc) is 3.27. The van der Waals surface area contributed by atoms with Crippen LogP contribution >= 0.6 is 0 Å². The van der Waals surface area contributed by atoms with Gasteiger partial charge in [0.15, 0.2) is 0 Å². The van der Waals surface area contributed by atoms with Crippen molar-refractivity contribution < 1.29 is 14.7 Å². The number of rotatable bonds is 7. The SMILES string of the molecule is Cc1nnnn1C(Cc1ccccc1)C(=O)NCC1(C(=O)O)CC1. The van der Waals surface area contributed by atoms with Gasteiger partial charge in [-0.2, -0.15) is 0 Å². The first kappa shape index (κ1) is 16.1. The molecule has 0 saturated heterocycles. The highest BCUT2D eigenvalue weighted by Crippen LogP contribution is 2.45. The molecule has 8 nitrogen and oxygen atoms in total. The van der Waals surface area contributed by atoms with Gasteiger partial charge in [-0.25, -0.2) is 4.68 Å². The lowest BCUT2D eigenvalue weighted by molar-refractivity contribution is -0.143. The second-order valence-corrected chi connectivity index (χ2v) is 6.18. The van der Waals surface area contributed by atoms with Crippen molar-refractivity contribution in [3.63, 3.8) is 0 Å². The minimum absolute atomic E-state index is 0.133. The Balaban J connectivity index is 1.75. The van der Waals surface area contributed by atoms with Crippen molar-refractivity contribution in [3.8, 4) is 0 Å².